The Bertz CT molecular complexity index is 714. The van der Waals surface area contributed by atoms with Gasteiger partial charge < -0.3 is 19.4 Å². The molecule has 3 heterocycles. The van der Waals surface area contributed by atoms with Crippen LogP contribution in [0.4, 0.5) is 5.69 Å². The summed E-state index contributed by atoms with van der Waals surface area (Å²) < 4.78 is 12.1. The van der Waals surface area contributed by atoms with E-state index in [2.05, 4.69) is 16.3 Å². The van der Waals surface area contributed by atoms with Crippen molar-refractivity contribution < 1.29 is 9.15 Å². The van der Waals surface area contributed by atoms with Gasteiger partial charge in [0.1, 0.15) is 0 Å². The molecule has 0 bridgehead atoms. The van der Waals surface area contributed by atoms with Crippen molar-refractivity contribution in [3.8, 4) is 0 Å². The molecule has 2 aliphatic rings. The van der Waals surface area contributed by atoms with Crippen molar-refractivity contribution in [1.29, 1.82) is 0 Å². The number of oxazole rings is 1. The first-order valence-corrected chi connectivity index (χ1v) is 6.84. The van der Waals surface area contributed by atoms with Gasteiger partial charge in [-0.15, -0.1) is 0 Å². The van der Waals surface area contributed by atoms with E-state index in [0.29, 0.717) is 5.58 Å². The van der Waals surface area contributed by atoms with Gasteiger partial charge in [0, 0.05) is 38.4 Å². The van der Waals surface area contributed by atoms with Gasteiger partial charge in [0.25, 0.3) is 0 Å². The van der Waals surface area contributed by atoms with Crippen molar-refractivity contribution in [3.05, 3.63) is 28.7 Å². The van der Waals surface area contributed by atoms with Gasteiger partial charge in [-0.2, -0.15) is 0 Å². The van der Waals surface area contributed by atoms with E-state index in [-0.39, 0.29) is 11.3 Å². The molecular formula is C14H17N3O3. The van der Waals surface area contributed by atoms with Crippen molar-refractivity contribution in [3.63, 3.8) is 0 Å². The van der Waals surface area contributed by atoms with Crippen LogP contribution in [0.15, 0.2) is 27.4 Å². The predicted molar refractivity (Wildman–Crippen MR) is 75.2 cm³/mol. The molecule has 1 aromatic heterocycles. The molecule has 2 aromatic rings. The standard InChI is InChI=1S/C14H17N3O3/c1-16-11-3-2-10(6-12(11)20-13(16)18)17-5-4-15-14(7-17)8-19-9-14/h2-3,6,15H,4-5,7-9H2,1H3. The van der Waals surface area contributed by atoms with Crippen LogP contribution in [0.25, 0.3) is 11.1 Å². The molecule has 6 nitrogen and oxygen atoms in total. The minimum Gasteiger partial charge on any atom is -0.408 e. The number of benzene rings is 1. The van der Waals surface area contributed by atoms with Crippen molar-refractivity contribution in [1.82, 2.24) is 9.88 Å². The van der Waals surface area contributed by atoms with E-state index >= 15 is 0 Å². The average molecular weight is 275 g/mol. The van der Waals surface area contributed by atoms with E-state index in [1.54, 1.807) is 7.05 Å². The number of hydrogen-bond acceptors (Lipinski definition) is 5. The lowest BCUT2D eigenvalue weighted by molar-refractivity contribution is -0.0742. The van der Waals surface area contributed by atoms with E-state index in [4.69, 9.17) is 9.15 Å². The SMILES string of the molecule is Cn1c(=O)oc2cc(N3CCNC4(COC4)C3)ccc21. The van der Waals surface area contributed by atoms with Crippen LogP contribution in [0.3, 0.4) is 0 Å². The van der Waals surface area contributed by atoms with Crippen LogP contribution in [-0.2, 0) is 11.8 Å². The lowest BCUT2D eigenvalue weighted by Gasteiger charge is -2.49. The summed E-state index contributed by atoms with van der Waals surface area (Å²) >= 11 is 0. The number of nitrogens with one attached hydrogen (secondary N) is 1. The van der Waals surface area contributed by atoms with Crippen molar-refractivity contribution in [2.24, 2.45) is 7.05 Å². The Morgan fingerprint density at radius 2 is 2.20 bits per heavy atom. The Balaban J connectivity index is 1.69. The highest BCUT2D eigenvalue weighted by atomic mass is 16.5. The van der Waals surface area contributed by atoms with E-state index < -0.39 is 0 Å². The van der Waals surface area contributed by atoms with Crippen LogP contribution in [0.2, 0.25) is 0 Å². The summed E-state index contributed by atoms with van der Waals surface area (Å²) in [5.74, 6) is -0.318. The maximum absolute atomic E-state index is 11.5. The Morgan fingerprint density at radius 1 is 1.35 bits per heavy atom. The van der Waals surface area contributed by atoms with Gasteiger partial charge >= 0.3 is 5.76 Å². The Hall–Kier alpha value is -1.79. The monoisotopic (exact) mass is 275 g/mol. The number of anilines is 1. The van der Waals surface area contributed by atoms with Gasteiger partial charge in [0.2, 0.25) is 0 Å². The number of aryl methyl sites for hydroxylation is 1. The number of aromatic nitrogens is 1. The molecule has 1 spiro atoms. The minimum absolute atomic E-state index is 0.102. The van der Waals surface area contributed by atoms with Gasteiger partial charge in [-0.1, -0.05) is 0 Å². The lowest BCUT2D eigenvalue weighted by atomic mass is 9.94. The second-order valence-corrected chi connectivity index (χ2v) is 5.70. The molecule has 0 unspecified atom stereocenters. The number of piperazine rings is 1. The molecule has 2 fully saturated rings. The molecule has 4 rings (SSSR count). The maximum atomic E-state index is 11.5. The summed E-state index contributed by atoms with van der Waals surface area (Å²) in [4.78, 5) is 13.9. The molecule has 0 atom stereocenters. The summed E-state index contributed by atoms with van der Waals surface area (Å²) in [6, 6.07) is 5.95. The Morgan fingerprint density at radius 3 is 2.95 bits per heavy atom. The van der Waals surface area contributed by atoms with Gasteiger partial charge in [-0.3, -0.25) is 4.57 Å². The van der Waals surface area contributed by atoms with Crippen LogP contribution in [0, 0.1) is 0 Å². The van der Waals surface area contributed by atoms with Gasteiger partial charge in [-0.05, 0) is 12.1 Å². The highest BCUT2D eigenvalue weighted by Gasteiger charge is 2.42. The minimum atomic E-state index is -0.318. The molecule has 1 N–H and O–H groups in total. The fraction of sp³-hybridized carbons (Fsp3) is 0.500. The van der Waals surface area contributed by atoms with E-state index in [1.165, 1.54) is 4.57 Å². The Kier molecular flexibility index (Phi) is 2.46. The smallest absolute Gasteiger partial charge is 0.408 e. The summed E-state index contributed by atoms with van der Waals surface area (Å²) in [5.41, 5.74) is 2.67. The first kappa shape index (κ1) is 12.0. The second kappa shape index (κ2) is 4.10. The summed E-state index contributed by atoms with van der Waals surface area (Å²) in [5, 5.41) is 3.54. The molecule has 0 aliphatic carbocycles. The fourth-order valence-corrected chi connectivity index (χ4v) is 3.04. The number of nitrogens with zero attached hydrogens (tertiary/aromatic N) is 2. The second-order valence-electron chi connectivity index (χ2n) is 5.70. The van der Waals surface area contributed by atoms with Crippen LogP contribution in [0.5, 0.6) is 0 Å². The van der Waals surface area contributed by atoms with Gasteiger partial charge in [0.05, 0.1) is 24.3 Å². The van der Waals surface area contributed by atoms with Crippen molar-refractivity contribution >= 4 is 16.8 Å². The van der Waals surface area contributed by atoms with E-state index in [1.807, 2.05) is 12.1 Å². The molecule has 2 saturated heterocycles. The molecule has 6 heteroatoms. The van der Waals surface area contributed by atoms with Crippen LogP contribution in [-0.4, -0.2) is 43.0 Å². The number of fused-ring (bicyclic) bond motifs is 1. The number of ether oxygens (including phenoxy) is 1. The summed E-state index contributed by atoms with van der Waals surface area (Å²) in [6.45, 7) is 4.36. The molecule has 106 valence electrons. The zero-order chi connectivity index (χ0) is 13.7. The molecule has 0 saturated carbocycles. The van der Waals surface area contributed by atoms with Crippen LogP contribution in [0.1, 0.15) is 0 Å². The highest BCUT2D eigenvalue weighted by Crippen LogP contribution is 2.27. The normalized spacial score (nSPS) is 21.4. The third kappa shape index (κ3) is 1.68. The molecule has 20 heavy (non-hydrogen) atoms. The van der Waals surface area contributed by atoms with Crippen molar-refractivity contribution in [2.75, 3.05) is 37.7 Å². The zero-order valence-electron chi connectivity index (χ0n) is 11.4. The number of hydrogen-bond donors (Lipinski definition) is 1. The third-order valence-electron chi connectivity index (χ3n) is 4.27. The van der Waals surface area contributed by atoms with Crippen molar-refractivity contribution in [2.45, 2.75) is 5.54 Å². The third-order valence-corrected chi connectivity index (χ3v) is 4.27. The lowest BCUT2D eigenvalue weighted by Crippen LogP contribution is -2.70. The summed E-state index contributed by atoms with van der Waals surface area (Å²) in [7, 11) is 1.72. The first-order chi connectivity index (χ1) is 9.67. The molecule has 0 radical (unpaired) electrons. The quantitative estimate of drug-likeness (QED) is 0.811. The average Bonchev–Trinajstić information content (AvgIpc) is 2.72. The van der Waals surface area contributed by atoms with Gasteiger partial charge in [0.15, 0.2) is 5.58 Å². The highest BCUT2D eigenvalue weighted by molar-refractivity contribution is 5.77. The maximum Gasteiger partial charge on any atom is 0.419 e. The van der Waals surface area contributed by atoms with E-state index in [9.17, 15) is 4.79 Å². The fourth-order valence-electron chi connectivity index (χ4n) is 3.04. The summed E-state index contributed by atoms with van der Waals surface area (Å²) in [6.07, 6.45) is 0. The van der Waals surface area contributed by atoms with Crippen LogP contribution < -0.4 is 16.0 Å². The first-order valence-electron chi connectivity index (χ1n) is 6.84. The largest absolute Gasteiger partial charge is 0.419 e. The molecule has 2 aliphatic heterocycles. The number of rotatable bonds is 1. The van der Waals surface area contributed by atoms with Crippen LogP contribution >= 0.6 is 0 Å². The molecular weight excluding hydrogens is 258 g/mol. The predicted octanol–water partition coefficient (Wildman–Crippen LogP) is 0.310. The Labute approximate surface area is 115 Å². The molecule has 0 amide bonds. The van der Waals surface area contributed by atoms with E-state index in [0.717, 1.165) is 44.1 Å². The topological polar surface area (TPSA) is 59.6 Å². The van der Waals surface area contributed by atoms with Gasteiger partial charge in [-0.25, -0.2) is 4.79 Å². The zero-order valence-corrected chi connectivity index (χ0v) is 11.4. The molecule has 1 aromatic carbocycles.